The lowest BCUT2D eigenvalue weighted by molar-refractivity contribution is -0.121. The highest BCUT2D eigenvalue weighted by molar-refractivity contribution is 5.75. The van der Waals surface area contributed by atoms with Crippen molar-refractivity contribution in [2.24, 2.45) is 0 Å². The van der Waals surface area contributed by atoms with E-state index in [0.717, 1.165) is 13.0 Å². The van der Waals surface area contributed by atoms with Crippen molar-refractivity contribution < 1.29 is 4.79 Å². The second kappa shape index (κ2) is 8.48. The maximum Gasteiger partial charge on any atom is 0.220 e. The predicted octanol–water partition coefficient (Wildman–Crippen LogP) is 2.39. The van der Waals surface area contributed by atoms with Crippen LogP contribution in [0.15, 0.2) is 42.7 Å². The van der Waals surface area contributed by atoms with Gasteiger partial charge < -0.3 is 10.2 Å². The van der Waals surface area contributed by atoms with E-state index in [1.165, 1.54) is 11.1 Å². The molecule has 1 N–H and O–H groups in total. The molecule has 0 saturated heterocycles. The topological polar surface area (TPSA) is 50.2 Å². The molecule has 0 saturated carbocycles. The molecule has 0 radical (unpaired) electrons. The third kappa shape index (κ3) is 5.53. The molecule has 1 aromatic heterocycles. The van der Waals surface area contributed by atoms with Crippen LogP contribution in [-0.2, 0) is 11.3 Å². The monoisotopic (exact) mass is 314 g/mol. The van der Waals surface area contributed by atoms with Gasteiger partial charge in [-0.25, -0.2) is 0 Å². The molecule has 0 unspecified atom stereocenters. The molecule has 0 bridgehead atoms. The van der Waals surface area contributed by atoms with Gasteiger partial charge in [-0.1, -0.05) is 29.8 Å². The highest BCUT2D eigenvalue weighted by Gasteiger charge is 2.15. The first kappa shape index (κ1) is 17.2. The van der Waals surface area contributed by atoms with Crippen LogP contribution < -0.4 is 5.32 Å². The largest absolute Gasteiger partial charge is 0.354 e. The summed E-state index contributed by atoms with van der Waals surface area (Å²) in [7, 11) is 4.08. The molecular weight excluding hydrogens is 288 g/mol. The van der Waals surface area contributed by atoms with E-state index >= 15 is 0 Å². The molecule has 1 atom stereocenters. The van der Waals surface area contributed by atoms with Gasteiger partial charge in [0.2, 0.25) is 5.91 Å². The van der Waals surface area contributed by atoms with E-state index in [2.05, 4.69) is 46.5 Å². The first-order valence-electron chi connectivity index (χ1n) is 8.03. The zero-order chi connectivity index (χ0) is 16.7. The number of aromatic nitrogens is 2. The van der Waals surface area contributed by atoms with E-state index in [0.29, 0.717) is 13.0 Å². The summed E-state index contributed by atoms with van der Waals surface area (Å²) in [5, 5.41) is 7.19. The van der Waals surface area contributed by atoms with E-state index in [4.69, 9.17) is 0 Å². The first-order valence-corrected chi connectivity index (χ1v) is 8.03. The van der Waals surface area contributed by atoms with Gasteiger partial charge >= 0.3 is 0 Å². The normalized spacial score (nSPS) is 12.3. The Balaban J connectivity index is 1.80. The van der Waals surface area contributed by atoms with Gasteiger partial charge in [-0.15, -0.1) is 0 Å². The van der Waals surface area contributed by atoms with Crippen molar-refractivity contribution in [2.75, 3.05) is 20.6 Å². The number of nitrogens with one attached hydrogen (secondary N) is 1. The summed E-state index contributed by atoms with van der Waals surface area (Å²) in [6.07, 6.45) is 4.99. The first-order chi connectivity index (χ1) is 11.1. The van der Waals surface area contributed by atoms with Crippen molar-refractivity contribution in [1.82, 2.24) is 20.0 Å². The van der Waals surface area contributed by atoms with Crippen LogP contribution in [0.25, 0.3) is 0 Å². The van der Waals surface area contributed by atoms with E-state index in [1.54, 1.807) is 6.20 Å². The number of amides is 1. The molecule has 0 spiro atoms. The quantitative estimate of drug-likeness (QED) is 0.814. The summed E-state index contributed by atoms with van der Waals surface area (Å²) in [5.74, 6) is 0.0941. The van der Waals surface area contributed by atoms with Crippen molar-refractivity contribution in [1.29, 1.82) is 0 Å². The van der Waals surface area contributed by atoms with Crippen molar-refractivity contribution in [2.45, 2.75) is 32.4 Å². The third-order valence-corrected chi connectivity index (χ3v) is 3.89. The molecule has 0 aliphatic heterocycles. The number of hydrogen-bond donors (Lipinski definition) is 1. The van der Waals surface area contributed by atoms with E-state index in [-0.39, 0.29) is 11.9 Å². The SMILES string of the molecule is Cc1cccc([C@@H](CNC(=O)CCCn2cccn2)N(C)C)c1. The van der Waals surface area contributed by atoms with Crippen molar-refractivity contribution in [3.63, 3.8) is 0 Å². The number of likely N-dealkylation sites (N-methyl/N-ethyl adjacent to an activating group) is 1. The maximum absolute atomic E-state index is 12.0. The van der Waals surface area contributed by atoms with E-state index < -0.39 is 0 Å². The van der Waals surface area contributed by atoms with Crippen LogP contribution in [-0.4, -0.2) is 41.2 Å². The molecule has 23 heavy (non-hydrogen) atoms. The summed E-state index contributed by atoms with van der Waals surface area (Å²) in [4.78, 5) is 14.2. The number of aryl methyl sites for hydroxylation is 2. The number of benzene rings is 1. The predicted molar refractivity (Wildman–Crippen MR) is 92.1 cm³/mol. The molecule has 2 aromatic rings. The minimum atomic E-state index is 0.0941. The summed E-state index contributed by atoms with van der Waals surface area (Å²) < 4.78 is 1.85. The lowest BCUT2D eigenvalue weighted by Crippen LogP contribution is -2.34. The van der Waals surface area contributed by atoms with Crippen LogP contribution in [0, 0.1) is 6.92 Å². The van der Waals surface area contributed by atoms with Gasteiger partial charge in [0, 0.05) is 31.9 Å². The fraction of sp³-hybridized carbons (Fsp3) is 0.444. The lowest BCUT2D eigenvalue weighted by atomic mass is 10.0. The molecule has 5 nitrogen and oxygen atoms in total. The smallest absolute Gasteiger partial charge is 0.220 e. The highest BCUT2D eigenvalue weighted by atomic mass is 16.1. The maximum atomic E-state index is 12.0. The molecule has 1 aromatic carbocycles. The van der Waals surface area contributed by atoms with Crippen molar-refractivity contribution in [3.8, 4) is 0 Å². The standard InChI is InChI=1S/C18H26N4O/c1-15-7-4-8-16(13-15)17(21(2)3)14-19-18(23)9-5-11-22-12-6-10-20-22/h4,6-8,10,12-13,17H,5,9,11,14H2,1-3H3,(H,19,23)/t17-/m1/s1. The van der Waals surface area contributed by atoms with Crippen LogP contribution >= 0.6 is 0 Å². The van der Waals surface area contributed by atoms with E-state index in [9.17, 15) is 4.79 Å². The van der Waals surface area contributed by atoms with Gasteiger partial charge in [-0.3, -0.25) is 9.48 Å². The van der Waals surface area contributed by atoms with Crippen LogP contribution in [0.2, 0.25) is 0 Å². The Morgan fingerprint density at radius 1 is 1.35 bits per heavy atom. The van der Waals surface area contributed by atoms with Gasteiger partial charge in [0.15, 0.2) is 0 Å². The Morgan fingerprint density at radius 2 is 2.17 bits per heavy atom. The molecule has 5 heteroatoms. The number of carbonyl (C=O) groups excluding carboxylic acids is 1. The van der Waals surface area contributed by atoms with Gasteiger partial charge in [0.05, 0.1) is 6.04 Å². The van der Waals surface area contributed by atoms with Crippen molar-refractivity contribution in [3.05, 3.63) is 53.9 Å². The van der Waals surface area contributed by atoms with Gasteiger partial charge in [0.1, 0.15) is 0 Å². The Hall–Kier alpha value is -2.14. The highest BCUT2D eigenvalue weighted by Crippen LogP contribution is 2.18. The van der Waals surface area contributed by atoms with Crippen LogP contribution in [0.1, 0.15) is 30.0 Å². The fourth-order valence-corrected chi connectivity index (χ4v) is 2.61. The van der Waals surface area contributed by atoms with E-state index in [1.807, 2.05) is 31.0 Å². The van der Waals surface area contributed by atoms with Gasteiger partial charge in [0.25, 0.3) is 0 Å². The molecule has 0 aliphatic carbocycles. The number of carbonyl (C=O) groups is 1. The summed E-state index contributed by atoms with van der Waals surface area (Å²) in [6.45, 7) is 3.48. The Kier molecular flexibility index (Phi) is 6.35. The Bertz CT molecular complexity index is 607. The average molecular weight is 314 g/mol. The Morgan fingerprint density at radius 3 is 2.83 bits per heavy atom. The molecule has 0 fully saturated rings. The minimum Gasteiger partial charge on any atom is -0.354 e. The molecule has 1 amide bonds. The zero-order valence-electron chi connectivity index (χ0n) is 14.2. The second-order valence-electron chi connectivity index (χ2n) is 6.07. The number of rotatable bonds is 8. The lowest BCUT2D eigenvalue weighted by Gasteiger charge is -2.25. The summed E-state index contributed by atoms with van der Waals surface area (Å²) >= 11 is 0. The minimum absolute atomic E-state index is 0.0941. The molecule has 2 rings (SSSR count). The average Bonchev–Trinajstić information content (AvgIpc) is 3.00. The summed E-state index contributed by atoms with van der Waals surface area (Å²) in [6, 6.07) is 10.5. The van der Waals surface area contributed by atoms with Crippen LogP contribution in [0.4, 0.5) is 0 Å². The second-order valence-corrected chi connectivity index (χ2v) is 6.07. The number of nitrogens with zero attached hydrogens (tertiary/aromatic N) is 3. The molecule has 1 heterocycles. The molecule has 0 aliphatic rings. The van der Waals surface area contributed by atoms with Gasteiger partial charge in [-0.05, 0) is 39.1 Å². The van der Waals surface area contributed by atoms with Crippen LogP contribution in [0.5, 0.6) is 0 Å². The zero-order valence-corrected chi connectivity index (χ0v) is 14.2. The fourth-order valence-electron chi connectivity index (χ4n) is 2.61. The molecular formula is C18H26N4O. The third-order valence-electron chi connectivity index (χ3n) is 3.89. The summed E-state index contributed by atoms with van der Waals surface area (Å²) in [5.41, 5.74) is 2.46. The molecule has 124 valence electrons. The Labute approximate surface area is 138 Å². The number of hydrogen-bond acceptors (Lipinski definition) is 3. The van der Waals surface area contributed by atoms with Crippen LogP contribution in [0.3, 0.4) is 0 Å². The van der Waals surface area contributed by atoms with Gasteiger partial charge in [-0.2, -0.15) is 5.10 Å². The van der Waals surface area contributed by atoms with Crippen molar-refractivity contribution >= 4 is 5.91 Å².